The topological polar surface area (TPSA) is 59.1 Å². The predicted octanol–water partition coefficient (Wildman–Crippen LogP) is 2.15. The molecule has 0 bridgehead atoms. The van der Waals surface area contributed by atoms with E-state index in [1.165, 1.54) is 25.7 Å². The molecule has 82 valence electrons. The molecule has 1 unspecified atom stereocenters. The number of amidine groups is 1. The van der Waals surface area contributed by atoms with Gasteiger partial charge in [-0.25, -0.2) is 0 Å². The summed E-state index contributed by atoms with van der Waals surface area (Å²) in [4.78, 5) is 0. The molecule has 1 saturated carbocycles. The lowest BCUT2D eigenvalue weighted by molar-refractivity contribution is 0.0121. The van der Waals surface area contributed by atoms with Gasteiger partial charge in [-0.2, -0.15) is 0 Å². The van der Waals surface area contributed by atoms with Crippen LogP contribution in [-0.2, 0) is 4.74 Å². The molecule has 0 amide bonds. The Balaban J connectivity index is 2.16. The minimum Gasteiger partial charge on any atom is -0.387 e. The Morgan fingerprint density at radius 1 is 1.43 bits per heavy atom. The standard InChI is InChI=1S/C11H22N2O/c1-8-3-5-10(6-4-8)14-7-9(2)11(12)13/h8-10H,3-7H2,1-2H3,(H3,12,13). The van der Waals surface area contributed by atoms with Crippen LogP contribution >= 0.6 is 0 Å². The highest BCUT2D eigenvalue weighted by Crippen LogP contribution is 2.25. The zero-order valence-electron chi connectivity index (χ0n) is 9.25. The Labute approximate surface area is 86.5 Å². The summed E-state index contributed by atoms with van der Waals surface area (Å²) in [6, 6.07) is 0. The molecule has 0 aromatic rings. The molecule has 3 heteroatoms. The molecule has 0 aromatic carbocycles. The zero-order chi connectivity index (χ0) is 10.6. The SMILES string of the molecule is CC1CCC(OCC(C)C(=N)N)CC1. The van der Waals surface area contributed by atoms with Crippen molar-refractivity contribution in [2.75, 3.05) is 6.61 Å². The van der Waals surface area contributed by atoms with Crippen molar-refractivity contribution in [3.05, 3.63) is 0 Å². The van der Waals surface area contributed by atoms with E-state index in [2.05, 4.69) is 6.92 Å². The van der Waals surface area contributed by atoms with Crippen LogP contribution in [0.1, 0.15) is 39.5 Å². The maximum absolute atomic E-state index is 7.25. The molecule has 0 spiro atoms. The smallest absolute Gasteiger partial charge is 0.0957 e. The van der Waals surface area contributed by atoms with Crippen LogP contribution in [0.3, 0.4) is 0 Å². The van der Waals surface area contributed by atoms with Gasteiger partial charge in [0.05, 0.1) is 18.5 Å². The molecule has 1 rings (SSSR count). The van der Waals surface area contributed by atoms with E-state index in [9.17, 15) is 0 Å². The molecule has 1 aliphatic rings. The van der Waals surface area contributed by atoms with Gasteiger partial charge < -0.3 is 10.5 Å². The van der Waals surface area contributed by atoms with Gasteiger partial charge in [0.1, 0.15) is 0 Å². The highest BCUT2D eigenvalue weighted by molar-refractivity contribution is 5.79. The number of ether oxygens (including phenoxy) is 1. The van der Waals surface area contributed by atoms with Crippen molar-refractivity contribution in [2.24, 2.45) is 17.6 Å². The van der Waals surface area contributed by atoms with Crippen molar-refractivity contribution >= 4 is 5.84 Å². The molecule has 1 atom stereocenters. The van der Waals surface area contributed by atoms with Crippen molar-refractivity contribution < 1.29 is 4.74 Å². The molecular formula is C11H22N2O. The Morgan fingerprint density at radius 3 is 2.50 bits per heavy atom. The van der Waals surface area contributed by atoms with Gasteiger partial charge in [0, 0.05) is 5.92 Å². The fourth-order valence-corrected chi connectivity index (χ4v) is 1.77. The second-order valence-corrected chi connectivity index (χ2v) is 4.57. The minimum atomic E-state index is 0.0642. The van der Waals surface area contributed by atoms with Gasteiger partial charge in [0.25, 0.3) is 0 Å². The lowest BCUT2D eigenvalue weighted by atomic mass is 9.89. The summed E-state index contributed by atoms with van der Waals surface area (Å²) >= 11 is 0. The summed E-state index contributed by atoms with van der Waals surface area (Å²) in [5.74, 6) is 1.16. The predicted molar refractivity (Wildman–Crippen MR) is 58.5 cm³/mol. The molecule has 3 N–H and O–H groups in total. The average Bonchev–Trinajstić information content (AvgIpc) is 2.16. The summed E-state index contributed by atoms with van der Waals surface area (Å²) in [6.07, 6.45) is 5.31. The van der Waals surface area contributed by atoms with Crippen LogP contribution in [0, 0.1) is 17.2 Å². The van der Waals surface area contributed by atoms with Crippen LogP contribution in [0.25, 0.3) is 0 Å². The van der Waals surface area contributed by atoms with Crippen LogP contribution in [0.5, 0.6) is 0 Å². The monoisotopic (exact) mass is 198 g/mol. The van der Waals surface area contributed by atoms with Gasteiger partial charge in [-0.3, -0.25) is 5.41 Å². The first-order valence-electron chi connectivity index (χ1n) is 5.55. The summed E-state index contributed by atoms with van der Waals surface area (Å²) in [7, 11) is 0. The minimum absolute atomic E-state index is 0.0642. The fourth-order valence-electron chi connectivity index (χ4n) is 1.77. The fraction of sp³-hybridized carbons (Fsp3) is 0.909. The number of nitrogens with one attached hydrogen (secondary N) is 1. The normalized spacial score (nSPS) is 29.9. The number of hydrogen-bond donors (Lipinski definition) is 2. The van der Waals surface area contributed by atoms with E-state index < -0.39 is 0 Å². The summed E-state index contributed by atoms with van der Waals surface area (Å²) in [5.41, 5.74) is 5.38. The molecule has 0 aromatic heterocycles. The Morgan fingerprint density at radius 2 is 2.00 bits per heavy atom. The molecule has 3 nitrogen and oxygen atoms in total. The maximum atomic E-state index is 7.25. The van der Waals surface area contributed by atoms with E-state index >= 15 is 0 Å². The van der Waals surface area contributed by atoms with E-state index in [1.54, 1.807) is 0 Å². The number of hydrogen-bond acceptors (Lipinski definition) is 2. The molecule has 1 aliphatic carbocycles. The van der Waals surface area contributed by atoms with E-state index in [0.29, 0.717) is 12.7 Å². The quantitative estimate of drug-likeness (QED) is 0.537. The van der Waals surface area contributed by atoms with Crippen molar-refractivity contribution in [3.63, 3.8) is 0 Å². The van der Waals surface area contributed by atoms with Crippen LogP contribution in [0.15, 0.2) is 0 Å². The van der Waals surface area contributed by atoms with Gasteiger partial charge in [0.2, 0.25) is 0 Å². The summed E-state index contributed by atoms with van der Waals surface area (Å²) in [5, 5.41) is 7.25. The second kappa shape index (κ2) is 5.35. The second-order valence-electron chi connectivity index (χ2n) is 4.57. The van der Waals surface area contributed by atoms with Crippen molar-refractivity contribution in [1.82, 2.24) is 0 Å². The molecule has 0 heterocycles. The number of nitrogens with two attached hydrogens (primary N) is 1. The third-order valence-electron chi connectivity index (χ3n) is 3.08. The first kappa shape index (κ1) is 11.5. The molecule has 0 saturated heterocycles. The summed E-state index contributed by atoms with van der Waals surface area (Å²) < 4.78 is 5.73. The average molecular weight is 198 g/mol. The van der Waals surface area contributed by atoms with Gasteiger partial charge in [-0.1, -0.05) is 13.8 Å². The van der Waals surface area contributed by atoms with Crippen LogP contribution < -0.4 is 5.73 Å². The van der Waals surface area contributed by atoms with E-state index in [4.69, 9.17) is 15.9 Å². The molecule has 1 fully saturated rings. The highest BCUT2D eigenvalue weighted by atomic mass is 16.5. The van der Waals surface area contributed by atoms with Gasteiger partial charge in [-0.05, 0) is 31.6 Å². The highest BCUT2D eigenvalue weighted by Gasteiger charge is 2.19. The Hall–Kier alpha value is -0.570. The van der Waals surface area contributed by atoms with Crippen LogP contribution in [0.2, 0.25) is 0 Å². The summed E-state index contributed by atoms with van der Waals surface area (Å²) in [6.45, 7) is 4.84. The first-order valence-corrected chi connectivity index (χ1v) is 5.55. The van der Waals surface area contributed by atoms with E-state index in [1.807, 2.05) is 6.92 Å². The lowest BCUT2D eigenvalue weighted by Gasteiger charge is -2.27. The van der Waals surface area contributed by atoms with E-state index in [0.717, 1.165) is 5.92 Å². The molecular weight excluding hydrogens is 176 g/mol. The van der Waals surface area contributed by atoms with Crippen LogP contribution in [-0.4, -0.2) is 18.5 Å². The van der Waals surface area contributed by atoms with Crippen molar-refractivity contribution in [3.8, 4) is 0 Å². The van der Waals surface area contributed by atoms with Gasteiger partial charge in [0.15, 0.2) is 0 Å². The zero-order valence-corrected chi connectivity index (χ0v) is 9.25. The molecule has 14 heavy (non-hydrogen) atoms. The molecule has 0 radical (unpaired) electrons. The number of rotatable bonds is 4. The third-order valence-corrected chi connectivity index (χ3v) is 3.08. The Bertz CT molecular complexity index is 186. The largest absolute Gasteiger partial charge is 0.387 e. The first-order chi connectivity index (χ1) is 6.59. The van der Waals surface area contributed by atoms with Crippen molar-refractivity contribution in [2.45, 2.75) is 45.6 Å². The van der Waals surface area contributed by atoms with Gasteiger partial charge in [-0.15, -0.1) is 0 Å². The van der Waals surface area contributed by atoms with E-state index in [-0.39, 0.29) is 11.8 Å². The van der Waals surface area contributed by atoms with Crippen molar-refractivity contribution in [1.29, 1.82) is 5.41 Å². The third kappa shape index (κ3) is 3.66. The lowest BCUT2D eigenvalue weighted by Crippen LogP contribution is -2.28. The molecule has 0 aliphatic heterocycles. The Kier molecular flexibility index (Phi) is 4.39. The van der Waals surface area contributed by atoms with Gasteiger partial charge >= 0.3 is 0 Å². The van der Waals surface area contributed by atoms with Crippen LogP contribution in [0.4, 0.5) is 0 Å². The maximum Gasteiger partial charge on any atom is 0.0957 e.